The summed E-state index contributed by atoms with van der Waals surface area (Å²) in [5, 5.41) is 0. The normalized spacial score (nSPS) is 28.3. The number of hydrogen-bond acceptors (Lipinski definition) is 2. The predicted octanol–water partition coefficient (Wildman–Crippen LogP) is 5.89. The van der Waals surface area contributed by atoms with E-state index in [2.05, 4.69) is 13.8 Å². The molecule has 0 aromatic heterocycles. The van der Waals surface area contributed by atoms with Crippen molar-refractivity contribution in [1.82, 2.24) is 0 Å². The summed E-state index contributed by atoms with van der Waals surface area (Å²) in [7, 11) is 0. The Balaban J connectivity index is 1.74. The van der Waals surface area contributed by atoms with Crippen molar-refractivity contribution in [2.24, 2.45) is 17.8 Å². The molecule has 0 heterocycles. The topological polar surface area (TPSA) is 26.3 Å². The van der Waals surface area contributed by atoms with Crippen molar-refractivity contribution in [3.05, 3.63) is 0 Å². The summed E-state index contributed by atoms with van der Waals surface area (Å²) in [6, 6.07) is 0. The van der Waals surface area contributed by atoms with Gasteiger partial charge in [-0.25, -0.2) is 0 Å². The quantitative estimate of drug-likeness (QED) is 0.548. The monoisotopic (exact) mass is 308 g/mol. The molecule has 1 unspecified atom stereocenters. The Bertz CT molecular complexity index is 312. The molecule has 2 aliphatic carbocycles. The molecule has 0 aromatic carbocycles. The van der Waals surface area contributed by atoms with Crippen molar-refractivity contribution in [2.45, 2.75) is 103 Å². The number of esters is 1. The van der Waals surface area contributed by atoms with Crippen LogP contribution in [0.15, 0.2) is 0 Å². The average Bonchev–Trinajstić information content (AvgIpc) is 2.56. The highest BCUT2D eigenvalue weighted by molar-refractivity contribution is 5.69. The number of carbonyl (C=O) groups excluding carboxylic acids is 1. The average molecular weight is 309 g/mol. The molecule has 2 fully saturated rings. The van der Waals surface area contributed by atoms with E-state index in [1.54, 1.807) is 0 Å². The van der Waals surface area contributed by atoms with E-state index < -0.39 is 0 Å². The molecule has 0 aromatic rings. The van der Waals surface area contributed by atoms with Crippen LogP contribution >= 0.6 is 0 Å². The van der Waals surface area contributed by atoms with Gasteiger partial charge < -0.3 is 4.74 Å². The van der Waals surface area contributed by atoms with E-state index in [0.717, 1.165) is 43.4 Å². The number of rotatable bonds is 7. The van der Waals surface area contributed by atoms with Crippen LogP contribution in [0.5, 0.6) is 0 Å². The third-order valence-corrected chi connectivity index (χ3v) is 6.08. The summed E-state index contributed by atoms with van der Waals surface area (Å²) < 4.78 is 5.66. The van der Waals surface area contributed by atoms with Gasteiger partial charge in [-0.15, -0.1) is 0 Å². The molecule has 22 heavy (non-hydrogen) atoms. The van der Waals surface area contributed by atoms with Crippen molar-refractivity contribution < 1.29 is 9.53 Å². The van der Waals surface area contributed by atoms with Gasteiger partial charge >= 0.3 is 5.97 Å². The third-order valence-electron chi connectivity index (χ3n) is 6.08. The first kappa shape index (κ1) is 17.8. The van der Waals surface area contributed by atoms with Crippen LogP contribution in [0.25, 0.3) is 0 Å². The van der Waals surface area contributed by atoms with Crippen LogP contribution in [-0.2, 0) is 9.53 Å². The third kappa shape index (κ3) is 5.28. The molecule has 0 bridgehead atoms. The number of carbonyl (C=O) groups is 1. The molecule has 128 valence electrons. The lowest BCUT2D eigenvalue weighted by molar-refractivity contribution is -0.151. The van der Waals surface area contributed by atoms with Gasteiger partial charge in [0, 0.05) is 6.42 Å². The maximum Gasteiger partial charge on any atom is 0.306 e. The number of hydrogen-bond donors (Lipinski definition) is 0. The highest BCUT2D eigenvalue weighted by Crippen LogP contribution is 2.41. The molecule has 2 rings (SSSR count). The first-order chi connectivity index (χ1) is 10.7. The predicted molar refractivity (Wildman–Crippen MR) is 91.7 cm³/mol. The van der Waals surface area contributed by atoms with Crippen molar-refractivity contribution >= 4 is 5.97 Å². The molecule has 0 N–H and O–H groups in total. The van der Waals surface area contributed by atoms with E-state index >= 15 is 0 Å². The lowest BCUT2D eigenvalue weighted by Gasteiger charge is -2.39. The Morgan fingerprint density at radius 3 is 2.18 bits per heavy atom. The highest BCUT2D eigenvalue weighted by atomic mass is 16.5. The second-order valence-electron chi connectivity index (χ2n) is 7.60. The zero-order valence-electron chi connectivity index (χ0n) is 14.8. The van der Waals surface area contributed by atoms with Gasteiger partial charge in [-0.05, 0) is 49.9 Å². The highest BCUT2D eigenvalue weighted by Gasteiger charge is 2.33. The van der Waals surface area contributed by atoms with Gasteiger partial charge in [-0.3, -0.25) is 4.79 Å². The molecule has 1 atom stereocenters. The van der Waals surface area contributed by atoms with E-state index in [1.165, 1.54) is 51.4 Å². The molecule has 0 radical (unpaired) electrons. The Morgan fingerprint density at radius 2 is 1.59 bits per heavy atom. The lowest BCUT2D eigenvalue weighted by Crippen LogP contribution is -2.31. The largest absolute Gasteiger partial charge is 0.462 e. The molecule has 0 saturated heterocycles. The fourth-order valence-electron chi connectivity index (χ4n) is 4.81. The lowest BCUT2D eigenvalue weighted by atomic mass is 9.68. The molecule has 2 heteroatoms. The van der Waals surface area contributed by atoms with Crippen molar-refractivity contribution in [1.29, 1.82) is 0 Å². The van der Waals surface area contributed by atoms with E-state index in [1.807, 2.05) is 0 Å². The van der Waals surface area contributed by atoms with Gasteiger partial charge in [0.1, 0.15) is 6.10 Å². The van der Waals surface area contributed by atoms with Crippen LogP contribution in [0.2, 0.25) is 0 Å². The maximum atomic E-state index is 11.8. The number of unbranched alkanes of at least 4 members (excludes halogenated alkanes) is 1. The van der Waals surface area contributed by atoms with Gasteiger partial charge in [0.15, 0.2) is 0 Å². The van der Waals surface area contributed by atoms with Gasteiger partial charge in [0.2, 0.25) is 0 Å². The molecule has 2 nitrogen and oxygen atoms in total. The van der Waals surface area contributed by atoms with Gasteiger partial charge in [0.25, 0.3) is 0 Å². The number of ether oxygens (including phenoxy) is 1. The summed E-state index contributed by atoms with van der Waals surface area (Å²) in [5.74, 6) is 2.83. The standard InChI is InChI=1S/C20H36O2/c1-3-5-11-20(21)22-18-14-12-17(13-15-18)19(4-2)16-9-7-6-8-10-16/h16-19H,3-15H2,1-2H3. The smallest absolute Gasteiger partial charge is 0.306 e. The molecule has 2 saturated carbocycles. The zero-order chi connectivity index (χ0) is 15.8. The Kier molecular flexibility index (Phi) is 7.75. The van der Waals surface area contributed by atoms with Crippen LogP contribution in [0.4, 0.5) is 0 Å². The molecule has 0 aliphatic heterocycles. The molecular formula is C20H36O2. The van der Waals surface area contributed by atoms with Crippen LogP contribution in [0.1, 0.15) is 97.3 Å². The summed E-state index contributed by atoms with van der Waals surface area (Å²) in [6.45, 7) is 4.50. The van der Waals surface area contributed by atoms with Crippen LogP contribution < -0.4 is 0 Å². The Hall–Kier alpha value is -0.530. The van der Waals surface area contributed by atoms with E-state index in [-0.39, 0.29) is 12.1 Å². The van der Waals surface area contributed by atoms with E-state index in [9.17, 15) is 4.79 Å². The van der Waals surface area contributed by atoms with Crippen LogP contribution in [-0.4, -0.2) is 12.1 Å². The minimum absolute atomic E-state index is 0.0321. The van der Waals surface area contributed by atoms with Crippen LogP contribution in [0, 0.1) is 17.8 Å². The second kappa shape index (κ2) is 9.57. The summed E-state index contributed by atoms with van der Waals surface area (Å²) in [4.78, 5) is 11.8. The van der Waals surface area contributed by atoms with Crippen LogP contribution in [0.3, 0.4) is 0 Å². The van der Waals surface area contributed by atoms with Crippen molar-refractivity contribution in [3.63, 3.8) is 0 Å². The molecular weight excluding hydrogens is 272 g/mol. The Morgan fingerprint density at radius 1 is 0.955 bits per heavy atom. The van der Waals surface area contributed by atoms with Gasteiger partial charge in [0.05, 0.1) is 0 Å². The molecule has 0 spiro atoms. The van der Waals surface area contributed by atoms with Gasteiger partial charge in [-0.2, -0.15) is 0 Å². The fraction of sp³-hybridized carbons (Fsp3) is 0.950. The summed E-state index contributed by atoms with van der Waals surface area (Å²) in [5.41, 5.74) is 0. The van der Waals surface area contributed by atoms with Gasteiger partial charge in [-0.1, -0.05) is 58.8 Å². The molecule has 2 aliphatic rings. The summed E-state index contributed by atoms with van der Waals surface area (Å²) in [6.07, 6.45) is 16.2. The van der Waals surface area contributed by atoms with Crippen molar-refractivity contribution in [2.75, 3.05) is 0 Å². The first-order valence-electron chi connectivity index (χ1n) is 9.94. The SMILES string of the molecule is CCCCC(=O)OC1CCC(C(CC)C2CCCCC2)CC1. The minimum Gasteiger partial charge on any atom is -0.462 e. The molecule has 0 amide bonds. The fourth-order valence-corrected chi connectivity index (χ4v) is 4.81. The van der Waals surface area contributed by atoms with Crippen molar-refractivity contribution in [3.8, 4) is 0 Å². The second-order valence-corrected chi connectivity index (χ2v) is 7.60. The summed E-state index contributed by atoms with van der Waals surface area (Å²) >= 11 is 0. The zero-order valence-corrected chi connectivity index (χ0v) is 14.8. The minimum atomic E-state index is 0.0321. The Labute approximate surface area is 137 Å². The maximum absolute atomic E-state index is 11.8. The first-order valence-corrected chi connectivity index (χ1v) is 9.94. The van der Waals surface area contributed by atoms with E-state index in [4.69, 9.17) is 4.74 Å². The van der Waals surface area contributed by atoms with E-state index in [0.29, 0.717) is 6.42 Å².